The van der Waals surface area contributed by atoms with Crippen LogP contribution in [-0.2, 0) is 41.3 Å². The van der Waals surface area contributed by atoms with Crippen LogP contribution in [-0.4, -0.2) is 153 Å². The molecule has 4 N–H and O–H groups in total. The lowest BCUT2D eigenvalue weighted by Gasteiger charge is -2.44. The maximum Gasteiger partial charge on any atom is 0.119 e. The second kappa shape index (κ2) is 30.3. The van der Waals surface area contributed by atoms with E-state index in [-0.39, 0.29) is 31.7 Å². The minimum Gasteiger partial charge on any atom is -1.00 e. The summed E-state index contributed by atoms with van der Waals surface area (Å²) in [5, 5.41) is 17.3. The smallest absolute Gasteiger partial charge is 0.119 e. The molecule has 2 aromatic carbocycles. The second-order valence-electron chi connectivity index (χ2n) is 12.9. The number of hydrogen-bond donors (Lipinski definition) is 3. The molecule has 0 spiro atoms. The van der Waals surface area contributed by atoms with Gasteiger partial charge in [-0.3, -0.25) is 0 Å². The van der Waals surface area contributed by atoms with E-state index in [1.165, 1.54) is 24.1 Å². The molecule has 52 heavy (non-hydrogen) atoms. The molecule has 0 radical (unpaired) electrons. The van der Waals surface area contributed by atoms with E-state index in [2.05, 4.69) is 48.5 Å². The molecule has 1 aliphatic rings. The number of benzene rings is 2. The Balaban J connectivity index is 0.00000936. The summed E-state index contributed by atoms with van der Waals surface area (Å²) in [6.45, 7) is 11.3. The quantitative estimate of drug-likeness (QED) is 0.0689. The van der Waals surface area contributed by atoms with Gasteiger partial charge in [0.05, 0.1) is 125 Å². The fourth-order valence-corrected chi connectivity index (χ4v) is 6.28. The van der Waals surface area contributed by atoms with Crippen molar-refractivity contribution in [2.24, 2.45) is 5.73 Å². The topological polar surface area (TPSA) is 140 Å². The van der Waals surface area contributed by atoms with Crippen LogP contribution in [0.4, 0.5) is 0 Å². The van der Waals surface area contributed by atoms with Gasteiger partial charge in [-0.2, -0.15) is 0 Å². The molecule has 0 amide bonds. The maximum atomic E-state index is 8.67. The summed E-state index contributed by atoms with van der Waals surface area (Å²) in [6, 6.07) is 17.2. The fourth-order valence-electron chi connectivity index (χ4n) is 6.28. The average molecular weight is 757 g/mol. The van der Waals surface area contributed by atoms with Crippen molar-refractivity contribution >= 4 is 0 Å². The van der Waals surface area contributed by atoms with E-state index in [1.54, 1.807) is 0 Å². The molecule has 3 rings (SSSR count). The number of likely N-dealkylation sites (tertiary alicyclic amines) is 1. The van der Waals surface area contributed by atoms with Gasteiger partial charge in [0.25, 0.3) is 0 Å². The van der Waals surface area contributed by atoms with Crippen molar-refractivity contribution in [2.75, 3.05) is 132 Å². The normalized spacial score (nSPS) is 15.3. The van der Waals surface area contributed by atoms with Crippen molar-refractivity contribution in [2.45, 2.75) is 44.6 Å². The Hall–Kier alpha value is -2.07. The minimum atomic E-state index is 0. The van der Waals surface area contributed by atoms with E-state index < -0.39 is 0 Å². The predicted molar refractivity (Wildman–Crippen MR) is 197 cm³/mol. The highest BCUT2D eigenvalue weighted by Crippen LogP contribution is 2.23. The fraction of sp³-hybridized carbons (Fsp3) is 0.692. The van der Waals surface area contributed by atoms with Crippen LogP contribution >= 0.6 is 0 Å². The van der Waals surface area contributed by atoms with Gasteiger partial charge in [0.2, 0.25) is 0 Å². The van der Waals surface area contributed by atoms with Gasteiger partial charge >= 0.3 is 0 Å². The number of aryl methyl sites for hydroxylation is 2. The number of aliphatic hydroxyl groups excluding tert-OH is 2. The third-order valence-corrected chi connectivity index (χ3v) is 8.82. The van der Waals surface area contributed by atoms with Gasteiger partial charge < -0.3 is 70.7 Å². The van der Waals surface area contributed by atoms with Crippen molar-refractivity contribution < 1.29 is 65.0 Å². The Bertz CT molecular complexity index is 1020. The molecule has 2 aromatic rings. The first-order valence-corrected chi connectivity index (χ1v) is 18.8. The molecule has 0 aliphatic carbocycles. The average Bonchev–Trinajstić information content (AvgIpc) is 3.14. The zero-order valence-corrected chi connectivity index (χ0v) is 31.9. The van der Waals surface area contributed by atoms with Gasteiger partial charge in [-0.15, -0.1) is 0 Å². The van der Waals surface area contributed by atoms with Gasteiger partial charge in [0, 0.05) is 12.8 Å². The summed E-state index contributed by atoms with van der Waals surface area (Å²) in [5.41, 5.74) is 9.18. The number of nitrogens with two attached hydrogens (primary N) is 1. The van der Waals surface area contributed by atoms with Crippen LogP contribution in [0.2, 0.25) is 0 Å². The molecule has 0 bridgehead atoms. The molecule has 1 saturated heterocycles. The standard InChI is InChI=1S/C39H65N2O10.ClH/c40-37-6-3-17-41(34-37,15-1-4-35-7-11-38(12-8-35)50-32-30-48-28-26-46-24-22-44-20-18-42)16-2-5-36-9-13-39(14-10-36)51-33-31-49-29-27-47-25-23-45-21-19-43;/h7-14,37,42-43H,1-6,15-34,40H2;1H/q+1;/p-1. The minimum absolute atomic E-state index is 0. The first-order chi connectivity index (χ1) is 25.1. The van der Waals surface area contributed by atoms with E-state index in [9.17, 15) is 0 Å². The monoisotopic (exact) mass is 756 g/mol. The lowest BCUT2D eigenvalue weighted by molar-refractivity contribution is -0.933. The Morgan fingerprint density at radius 1 is 0.538 bits per heavy atom. The number of piperidine rings is 1. The molecule has 13 heteroatoms. The highest BCUT2D eigenvalue weighted by Gasteiger charge is 2.32. The molecular weight excluding hydrogens is 692 g/mol. The number of rotatable bonds is 32. The van der Waals surface area contributed by atoms with Crippen molar-refractivity contribution in [3.8, 4) is 11.5 Å². The second-order valence-corrected chi connectivity index (χ2v) is 12.9. The molecule has 0 aromatic heterocycles. The van der Waals surface area contributed by atoms with Crippen molar-refractivity contribution in [1.82, 2.24) is 0 Å². The lowest BCUT2D eigenvalue weighted by atomic mass is 10.00. The Morgan fingerprint density at radius 2 is 0.904 bits per heavy atom. The predicted octanol–water partition coefficient (Wildman–Crippen LogP) is 0.0357. The van der Waals surface area contributed by atoms with Gasteiger partial charge in [-0.1, -0.05) is 24.3 Å². The number of halogens is 1. The van der Waals surface area contributed by atoms with Crippen molar-refractivity contribution in [3.63, 3.8) is 0 Å². The van der Waals surface area contributed by atoms with E-state index in [1.807, 2.05) is 0 Å². The lowest BCUT2D eigenvalue weighted by Crippen LogP contribution is -3.00. The summed E-state index contributed by atoms with van der Waals surface area (Å²) in [5.74, 6) is 1.71. The van der Waals surface area contributed by atoms with Crippen LogP contribution in [0, 0.1) is 0 Å². The van der Waals surface area contributed by atoms with Gasteiger partial charge in [-0.05, 0) is 61.1 Å². The molecule has 1 aliphatic heterocycles. The van der Waals surface area contributed by atoms with Crippen LogP contribution in [0.1, 0.15) is 36.8 Å². The van der Waals surface area contributed by atoms with E-state index >= 15 is 0 Å². The number of nitrogens with zero attached hydrogens (tertiary/aromatic N) is 1. The molecular formula is C39H65ClN2O10. The number of hydrogen-bond acceptors (Lipinski definition) is 11. The first kappa shape index (κ1) is 46.1. The summed E-state index contributed by atoms with van der Waals surface area (Å²) >= 11 is 0. The highest BCUT2D eigenvalue weighted by molar-refractivity contribution is 5.28. The summed E-state index contributed by atoms with van der Waals surface area (Å²) in [6.07, 6.45) is 6.70. The summed E-state index contributed by atoms with van der Waals surface area (Å²) in [4.78, 5) is 0. The molecule has 0 saturated carbocycles. The molecule has 1 unspecified atom stereocenters. The summed E-state index contributed by atoms with van der Waals surface area (Å²) < 4.78 is 45.1. The zero-order valence-electron chi connectivity index (χ0n) is 31.1. The van der Waals surface area contributed by atoms with Crippen LogP contribution in [0.15, 0.2) is 48.5 Å². The molecule has 1 heterocycles. The first-order valence-electron chi connectivity index (χ1n) is 18.8. The molecule has 1 atom stereocenters. The molecule has 12 nitrogen and oxygen atoms in total. The van der Waals surface area contributed by atoms with E-state index in [4.69, 9.17) is 53.8 Å². The Kier molecular flexibility index (Phi) is 26.8. The van der Waals surface area contributed by atoms with Gasteiger partial charge in [0.1, 0.15) is 24.7 Å². The van der Waals surface area contributed by atoms with E-state index in [0.717, 1.165) is 67.7 Å². The largest absolute Gasteiger partial charge is 1.00 e. The molecule has 298 valence electrons. The third kappa shape index (κ3) is 21.6. The van der Waals surface area contributed by atoms with Crippen molar-refractivity contribution in [3.05, 3.63) is 59.7 Å². The van der Waals surface area contributed by atoms with Crippen LogP contribution < -0.4 is 27.6 Å². The number of quaternary nitrogens is 1. The maximum absolute atomic E-state index is 8.67. The number of ether oxygens (including phenoxy) is 8. The van der Waals surface area contributed by atoms with Crippen LogP contribution in [0.25, 0.3) is 0 Å². The third-order valence-electron chi connectivity index (χ3n) is 8.82. The molecule has 1 fully saturated rings. The van der Waals surface area contributed by atoms with Gasteiger partial charge in [-0.25, -0.2) is 0 Å². The van der Waals surface area contributed by atoms with Crippen molar-refractivity contribution in [1.29, 1.82) is 0 Å². The Morgan fingerprint density at radius 3 is 1.27 bits per heavy atom. The zero-order chi connectivity index (χ0) is 36.1. The van der Waals surface area contributed by atoms with E-state index in [0.29, 0.717) is 92.5 Å². The highest BCUT2D eigenvalue weighted by atomic mass is 35.5. The Labute approximate surface area is 317 Å². The van der Waals surface area contributed by atoms with Crippen LogP contribution in [0.3, 0.4) is 0 Å². The summed E-state index contributed by atoms with van der Waals surface area (Å²) in [7, 11) is 0. The number of aliphatic hydroxyl groups is 2. The van der Waals surface area contributed by atoms with Gasteiger partial charge in [0.15, 0.2) is 0 Å². The van der Waals surface area contributed by atoms with Crippen LogP contribution in [0.5, 0.6) is 11.5 Å². The SMILES string of the molecule is NC1CCC[N+](CCCc2ccc(OCCOCCOCCOCCO)cc2)(CCCc2ccc(OCCOCCOCCOCCO)cc2)C1.[Cl-].